The van der Waals surface area contributed by atoms with Gasteiger partial charge in [-0.15, -0.1) is 0 Å². The number of benzene rings is 1. The summed E-state index contributed by atoms with van der Waals surface area (Å²) >= 11 is 0. The van der Waals surface area contributed by atoms with Crippen LogP contribution in [0.1, 0.15) is 17.3 Å². The zero-order valence-electron chi connectivity index (χ0n) is 10.7. The van der Waals surface area contributed by atoms with Gasteiger partial charge < -0.3 is 19.3 Å². The van der Waals surface area contributed by atoms with Crippen LogP contribution in [0.2, 0.25) is 0 Å². The van der Waals surface area contributed by atoms with Crippen molar-refractivity contribution >= 4 is 5.97 Å². The first kappa shape index (κ1) is 15.4. The zero-order chi connectivity index (χ0) is 14.1. The van der Waals surface area contributed by atoms with Gasteiger partial charge in [0.25, 0.3) is 0 Å². The van der Waals surface area contributed by atoms with Crippen LogP contribution in [0.25, 0.3) is 0 Å². The van der Waals surface area contributed by atoms with Crippen LogP contribution in [0.3, 0.4) is 0 Å². The van der Waals surface area contributed by atoms with Crippen molar-refractivity contribution in [3.05, 3.63) is 29.6 Å². The lowest BCUT2D eigenvalue weighted by atomic mass is 10.2. The van der Waals surface area contributed by atoms with Crippen molar-refractivity contribution in [3.8, 4) is 5.75 Å². The minimum Gasteiger partial charge on any atom is -0.491 e. The van der Waals surface area contributed by atoms with Gasteiger partial charge in [0.1, 0.15) is 18.2 Å². The molecular formula is C13H17FO5. The fourth-order valence-corrected chi connectivity index (χ4v) is 1.34. The van der Waals surface area contributed by atoms with E-state index in [0.29, 0.717) is 26.4 Å². The summed E-state index contributed by atoms with van der Waals surface area (Å²) in [6.07, 6.45) is 0. The third-order valence-corrected chi connectivity index (χ3v) is 2.24. The highest BCUT2D eigenvalue weighted by Crippen LogP contribution is 2.16. The first-order valence-electron chi connectivity index (χ1n) is 5.96. The standard InChI is InChI=1S/C13H17FO5/c1-2-17-5-6-18-7-8-19-10-3-4-11(13(15)16)12(14)9-10/h3-4,9H,2,5-8H2,1H3,(H,15,16). The molecule has 0 aliphatic carbocycles. The Kier molecular flexibility index (Phi) is 6.84. The number of halogens is 1. The molecule has 5 nitrogen and oxygen atoms in total. The molecule has 0 aromatic heterocycles. The van der Waals surface area contributed by atoms with Gasteiger partial charge in [-0.25, -0.2) is 9.18 Å². The van der Waals surface area contributed by atoms with E-state index in [2.05, 4.69) is 0 Å². The van der Waals surface area contributed by atoms with E-state index in [9.17, 15) is 9.18 Å². The van der Waals surface area contributed by atoms with Crippen molar-refractivity contribution < 1.29 is 28.5 Å². The molecule has 0 spiro atoms. The quantitative estimate of drug-likeness (QED) is 0.696. The Balaban J connectivity index is 2.26. The SMILES string of the molecule is CCOCCOCCOc1ccc(C(=O)O)c(F)c1. The molecule has 0 saturated heterocycles. The van der Waals surface area contributed by atoms with Gasteiger partial charge in [0, 0.05) is 12.7 Å². The Labute approximate surface area is 110 Å². The number of carboxylic acids is 1. The highest BCUT2D eigenvalue weighted by molar-refractivity contribution is 5.88. The van der Waals surface area contributed by atoms with Crippen LogP contribution in [0.15, 0.2) is 18.2 Å². The molecular weight excluding hydrogens is 255 g/mol. The molecule has 1 rings (SSSR count). The van der Waals surface area contributed by atoms with E-state index in [1.165, 1.54) is 12.1 Å². The average Bonchev–Trinajstić information content (AvgIpc) is 2.37. The van der Waals surface area contributed by atoms with Crippen LogP contribution >= 0.6 is 0 Å². The summed E-state index contributed by atoms with van der Waals surface area (Å²) in [7, 11) is 0. The summed E-state index contributed by atoms with van der Waals surface area (Å²) in [5.41, 5.74) is -0.375. The van der Waals surface area contributed by atoms with Crippen molar-refractivity contribution in [1.82, 2.24) is 0 Å². The molecule has 1 aromatic rings. The molecule has 0 amide bonds. The van der Waals surface area contributed by atoms with E-state index in [4.69, 9.17) is 19.3 Å². The van der Waals surface area contributed by atoms with Crippen LogP contribution in [-0.2, 0) is 9.47 Å². The number of carboxylic acid groups (broad SMARTS) is 1. The molecule has 0 aliphatic heterocycles. The molecule has 0 unspecified atom stereocenters. The Bertz CT molecular complexity index is 408. The minimum absolute atomic E-state index is 0.262. The molecule has 19 heavy (non-hydrogen) atoms. The van der Waals surface area contributed by atoms with Gasteiger partial charge in [-0.05, 0) is 19.1 Å². The second-order valence-corrected chi connectivity index (χ2v) is 3.60. The molecule has 1 aromatic carbocycles. The van der Waals surface area contributed by atoms with Crippen LogP contribution in [0.4, 0.5) is 4.39 Å². The fourth-order valence-electron chi connectivity index (χ4n) is 1.34. The van der Waals surface area contributed by atoms with Gasteiger partial charge in [-0.1, -0.05) is 0 Å². The lowest BCUT2D eigenvalue weighted by Crippen LogP contribution is -2.11. The van der Waals surface area contributed by atoms with E-state index < -0.39 is 11.8 Å². The number of rotatable bonds is 9. The van der Waals surface area contributed by atoms with E-state index in [-0.39, 0.29) is 17.9 Å². The van der Waals surface area contributed by atoms with E-state index >= 15 is 0 Å². The molecule has 0 bridgehead atoms. The first-order valence-corrected chi connectivity index (χ1v) is 5.96. The molecule has 6 heteroatoms. The third-order valence-electron chi connectivity index (χ3n) is 2.24. The Hall–Kier alpha value is -1.66. The molecule has 106 valence electrons. The van der Waals surface area contributed by atoms with Crippen LogP contribution in [0, 0.1) is 5.82 Å². The minimum atomic E-state index is -1.30. The lowest BCUT2D eigenvalue weighted by Gasteiger charge is -2.08. The van der Waals surface area contributed by atoms with Gasteiger partial charge in [-0.3, -0.25) is 0 Å². The number of ether oxygens (including phenoxy) is 3. The summed E-state index contributed by atoms with van der Waals surface area (Å²) in [5.74, 6) is -1.85. The smallest absolute Gasteiger partial charge is 0.338 e. The largest absolute Gasteiger partial charge is 0.491 e. The maximum atomic E-state index is 13.3. The Morgan fingerprint density at radius 1 is 1.21 bits per heavy atom. The normalized spacial score (nSPS) is 10.4. The zero-order valence-corrected chi connectivity index (χ0v) is 10.7. The van der Waals surface area contributed by atoms with Gasteiger partial charge in [0.05, 0.1) is 25.4 Å². The Morgan fingerprint density at radius 2 is 1.89 bits per heavy atom. The molecule has 1 N–H and O–H groups in total. The number of hydrogen-bond donors (Lipinski definition) is 1. The number of hydrogen-bond acceptors (Lipinski definition) is 4. The fraction of sp³-hybridized carbons (Fsp3) is 0.462. The first-order chi connectivity index (χ1) is 9.15. The topological polar surface area (TPSA) is 65.0 Å². The molecule has 0 atom stereocenters. The lowest BCUT2D eigenvalue weighted by molar-refractivity contribution is 0.0404. The number of aromatic carboxylic acids is 1. The summed E-state index contributed by atoms with van der Waals surface area (Å²) in [5, 5.41) is 8.66. The van der Waals surface area contributed by atoms with Gasteiger partial charge in [-0.2, -0.15) is 0 Å². The maximum Gasteiger partial charge on any atom is 0.338 e. The maximum absolute atomic E-state index is 13.3. The van der Waals surface area contributed by atoms with Crippen molar-refractivity contribution in [3.63, 3.8) is 0 Å². The van der Waals surface area contributed by atoms with Crippen molar-refractivity contribution in [2.24, 2.45) is 0 Å². The van der Waals surface area contributed by atoms with Gasteiger partial charge >= 0.3 is 5.97 Å². The molecule has 0 saturated carbocycles. The second kappa shape index (κ2) is 8.44. The van der Waals surface area contributed by atoms with Crippen molar-refractivity contribution in [1.29, 1.82) is 0 Å². The van der Waals surface area contributed by atoms with E-state index in [0.717, 1.165) is 6.07 Å². The second-order valence-electron chi connectivity index (χ2n) is 3.60. The molecule has 0 radical (unpaired) electrons. The molecule has 0 heterocycles. The summed E-state index contributed by atoms with van der Waals surface area (Å²) in [4.78, 5) is 10.6. The highest BCUT2D eigenvalue weighted by Gasteiger charge is 2.10. The Morgan fingerprint density at radius 3 is 2.53 bits per heavy atom. The number of carbonyl (C=O) groups is 1. The highest BCUT2D eigenvalue weighted by atomic mass is 19.1. The van der Waals surface area contributed by atoms with Crippen molar-refractivity contribution in [2.45, 2.75) is 6.92 Å². The van der Waals surface area contributed by atoms with Crippen molar-refractivity contribution in [2.75, 3.05) is 33.0 Å². The summed E-state index contributed by atoms with van der Waals surface area (Å²) < 4.78 is 28.8. The summed E-state index contributed by atoms with van der Waals surface area (Å²) in [6.45, 7) is 4.17. The predicted octanol–water partition coefficient (Wildman–Crippen LogP) is 1.96. The van der Waals surface area contributed by atoms with Gasteiger partial charge in [0.2, 0.25) is 0 Å². The average molecular weight is 272 g/mol. The van der Waals surface area contributed by atoms with Gasteiger partial charge in [0.15, 0.2) is 0 Å². The van der Waals surface area contributed by atoms with E-state index in [1.807, 2.05) is 6.92 Å². The molecule has 0 aliphatic rings. The van der Waals surface area contributed by atoms with Crippen LogP contribution in [-0.4, -0.2) is 44.1 Å². The predicted molar refractivity (Wildman–Crippen MR) is 66.2 cm³/mol. The summed E-state index contributed by atoms with van der Waals surface area (Å²) in [6, 6.07) is 3.62. The third kappa shape index (κ3) is 5.67. The van der Waals surface area contributed by atoms with Crippen LogP contribution in [0.5, 0.6) is 5.75 Å². The van der Waals surface area contributed by atoms with E-state index in [1.54, 1.807) is 0 Å². The monoisotopic (exact) mass is 272 g/mol. The molecule has 0 fully saturated rings. The van der Waals surface area contributed by atoms with Crippen LogP contribution < -0.4 is 4.74 Å².